The number of rotatable bonds is 6. The molecule has 7 nitrogen and oxygen atoms in total. The summed E-state index contributed by atoms with van der Waals surface area (Å²) in [5, 5.41) is 3.67. The normalized spacial score (nSPS) is 18.7. The number of benzene rings is 3. The number of piperazine rings is 1. The summed E-state index contributed by atoms with van der Waals surface area (Å²) in [6, 6.07) is 21.3. The Morgan fingerprint density at radius 3 is 2.66 bits per heavy atom. The van der Waals surface area contributed by atoms with E-state index in [0.29, 0.717) is 19.7 Å². The molecule has 7 heteroatoms. The lowest BCUT2D eigenvalue weighted by Crippen LogP contribution is -2.50. The van der Waals surface area contributed by atoms with Gasteiger partial charge < -0.3 is 24.3 Å². The fourth-order valence-electron chi connectivity index (χ4n) is 6.06. The maximum absolute atomic E-state index is 13.0. The number of methoxy groups -OCH3 is 1. The van der Waals surface area contributed by atoms with Crippen LogP contribution in [0.2, 0.25) is 0 Å². The van der Waals surface area contributed by atoms with Crippen molar-refractivity contribution in [2.45, 2.75) is 31.8 Å². The lowest BCUT2D eigenvalue weighted by molar-refractivity contribution is 0.0454. The number of piperidine rings is 1. The Kier molecular flexibility index (Phi) is 7.10. The van der Waals surface area contributed by atoms with Gasteiger partial charge in [0.05, 0.1) is 7.11 Å². The van der Waals surface area contributed by atoms with E-state index in [-0.39, 0.29) is 12.1 Å². The van der Waals surface area contributed by atoms with Crippen LogP contribution in [-0.2, 0) is 11.3 Å². The quantitative estimate of drug-likeness (QED) is 0.362. The van der Waals surface area contributed by atoms with Crippen molar-refractivity contribution in [1.29, 1.82) is 0 Å². The van der Waals surface area contributed by atoms with Crippen LogP contribution in [0, 0.1) is 0 Å². The molecule has 6 rings (SSSR count). The number of carbonyl (C=O) groups is 1. The van der Waals surface area contributed by atoms with Crippen LogP contribution in [0.4, 0.5) is 10.5 Å². The highest BCUT2D eigenvalue weighted by Gasteiger charge is 2.28. The summed E-state index contributed by atoms with van der Waals surface area (Å²) in [6.07, 6.45) is 5.14. The molecule has 0 aliphatic carbocycles. The Bertz CT molecular complexity index is 1410. The van der Waals surface area contributed by atoms with Gasteiger partial charge in [-0.15, -0.1) is 0 Å². The van der Waals surface area contributed by atoms with Gasteiger partial charge in [0.25, 0.3) is 0 Å². The first kappa shape index (κ1) is 24.6. The SMILES string of the molecule is COc1ccc2ccccc2c1CN1CCCCC1COC(=O)N1CCN(c2cccc3[nH]ccc23)CC1. The second kappa shape index (κ2) is 11.0. The number of ether oxygens (including phenoxy) is 2. The highest BCUT2D eigenvalue weighted by molar-refractivity contribution is 5.92. The van der Waals surface area contributed by atoms with Crippen molar-refractivity contribution in [2.75, 3.05) is 51.3 Å². The molecule has 1 N–H and O–H groups in total. The van der Waals surface area contributed by atoms with Crippen LogP contribution in [0.3, 0.4) is 0 Å². The topological polar surface area (TPSA) is 61.0 Å². The molecule has 3 heterocycles. The number of aromatic nitrogens is 1. The van der Waals surface area contributed by atoms with Crippen LogP contribution in [0.1, 0.15) is 24.8 Å². The van der Waals surface area contributed by atoms with E-state index < -0.39 is 0 Å². The summed E-state index contributed by atoms with van der Waals surface area (Å²) in [4.78, 5) is 23.0. The van der Waals surface area contributed by atoms with Crippen LogP contribution < -0.4 is 9.64 Å². The fourth-order valence-corrected chi connectivity index (χ4v) is 6.06. The molecular formula is C31H36N4O3. The van der Waals surface area contributed by atoms with E-state index in [1.807, 2.05) is 11.1 Å². The minimum Gasteiger partial charge on any atom is -0.496 e. The van der Waals surface area contributed by atoms with E-state index in [1.165, 1.54) is 27.4 Å². The molecule has 0 radical (unpaired) electrons. The minimum atomic E-state index is -0.197. The van der Waals surface area contributed by atoms with E-state index in [1.54, 1.807) is 7.11 Å². The molecule has 38 heavy (non-hydrogen) atoms. The van der Waals surface area contributed by atoms with E-state index >= 15 is 0 Å². The minimum absolute atomic E-state index is 0.197. The number of hydrogen-bond acceptors (Lipinski definition) is 5. The highest BCUT2D eigenvalue weighted by atomic mass is 16.6. The van der Waals surface area contributed by atoms with Crippen molar-refractivity contribution in [3.8, 4) is 5.75 Å². The molecule has 1 amide bonds. The van der Waals surface area contributed by atoms with Gasteiger partial charge in [0.15, 0.2) is 0 Å². The fraction of sp³-hybridized carbons (Fsp3) is 0.387. The standard InChI is InChI=1S/C31H36N4O3/c1-37-30-13-12-23-7-2-3-9-25(23)27(30)21-35-16-5-4-8-24(35)22-38-31(36)34-19-17-33(18-20-34)29-11-6-10-28-26(29)14-15-32-28/h2-3,6-7,9-15,24,32H,4-5,8,16-22H2,1H3. The molecule has 1 aromatic heterocycles. The van der Waals surface area contributed by atoms with E-state index in [0.717, 1.165) is 56.7 Å². The van der Waals surface area contributed by atoms with Gasteiger partial charge in [-0.1, -0.05) is 42.8 Å². The molecular weight excluding hydrogens is 476 g/mol. The molecule has 0 saturated carbocycles. The van der Waals surface area contributed by atoms with Crippen LogP contribution in [0.15, 0.2) is 66.9 Å². The maximum Gasteiger partial charge on any atom is 0.409 e. The number of likely N-dealkylation sites (tertiary alicyclic amines) is 1. The van der Waals surface area contributed by atoms with Crippen molar-refractivity contribution in [3.63, 3.8) is 0 Å². The van der Waals surface area contributed by atoms with E-state index in [4.69, 9.17) is 9.47 Å². The Labute approximate surface area is 223 Å². The van der Waals surface area contributed by atoms with Crippen molar-refractivity contribution in [1.82, 2.24) is 14.8 Å². The van der Waals surface area contributed by atoms with Crippen molar-refractivity contribution < 1.29 is 14.3 Å². The second-order valence-electron chi connectivity index (χ2n) is 10.4. The first-order valence-electron chi connectivity index (χ1n) is 13.7. The van der Waals surface area contributed by atoms with Gasteiger partial charge >= 0.3 is 6.09 Å². The molecule has 3 aromatic carbocycles. The van der Waals surface area contributed by atoms with Crippen molar-refractivity contribution >= 4 is 33.5 Å². The molecule has 2 fully saturated rings. The van der Waals surface area contributed by atoms with Gasteiger partial charge in [-0.3, -0.25) is 4.90 Å². The number of amides is 1. The molecule has 2 aliphatic heterocycles. The van der Waals surface area contributed by atoms with Gasteiger partial charge in [-0.25, -0.2) is 4.79 Å². The second-order valence-corrected chi connectivity index (χ2v) is 10.4. The third kappa shape index (κ3) is 4.90. The summed E-state index contributed by atoms with van der Waals surface area (Å²) >= 11 is 0. The molecule has 2 saturated heterocycles. The summed E-state index contributed by atoms with van der Waals surface area (Å²) in [5.41, 5.74) is 3.57. The lowest BCUT2D eigenvalue weighted by Gasteiger charge is -2.38. The van der Waals surface area contributed by atoms with Crippen molar-refractivity contribution in [2.24, 2.45) is 0 Å². The highest BCUT2D eigenvalue weighted by Crippen LogP contribution is 2.31. The smallest absolute Gasteiger partial charge is 0.409 e. The largest absolute Gasteiger partial charge is 0.496 e. The zero-order chi connectivity index (χ0) is 25.9. The molecule has 2 aliphatic rings. The average Bonchev–Trinajstić information content (AvgIpc) is 3.46. The summed E-state index contributed by atoms with van der Waals surface area (Å²) in [7, 11) is 1.74. The first-order chi connectivity index (χ1) is 18.7. The Morgan fingerprint density at radius 2 is 1.79 bits per heavy atom. The average molecular weight is 513 g/mol. The monoisotopic (exact) mass is 512 g/mol. The molecule has 198 valence electrons. The number of carbonyl (C=O) groups excluding carboxylic acids is 1. The number of nitrogens with zero attached hydrogens (tertiary/aromatic N) is 3. The van der Waals surface area contributed by atoms with Crippen LogP contribution >= 0.6 is 0 Å². The van der Waals surface area contributed by atoms with Gasteiger partial charge in [0, 0.05) is 67.1 Å². The molecule has 4 aromatic rings. The number of nitrogens with one attached hydrogen (secondary N) is 1. The third-order valence-corrected chi connectivity index (χ3v) is 8.18. The van der Waals surface area contributed by atoms with Gasteiger partial charge in [-0.05, 0) is 54.4 Å². The lowest BCUT2D eigenvalue weighted by atomic mass is 9.99. The van der Waals surface area contributed by atoms with Gasteiger partial charge in [-0.2, -0.15) is 0 Å². The summed E-state index contributed by atoms with van der Waals surface area (Å²) in [5.74, 6) is 0.915. The number of H-pyrrole nitrogens is 1. The number of fused-ring (bicyclic) bond motifs is 2. The third-order valence-electron chi connectivity index (χ3n) is 8.18. The number of anilines is 1. The first-order valence-corrected chi connectivity index (χ1v) is 13.7. The predicted octanol–water partition coefficient (Wildman–Crippen LogP) is 5.64. The zero-order valence-corrected chi connectivity index (χ0v) is 22.1. The zero-order valence-electron chi connectivity index (χ0n) is 22.1. The Balaban J connectivity index is 1.08. The Morgan fingerprint density at radius 1 is 0.921 bits per heavy atom. The van der Waals surface area contributed by atoms with E-state index in [9.17, 15) is 4.79 Å². The molecule has 0 bridgehead atoms. The molecule has 0 spiro atoms. The van der Waals surface area contributed by atoms with Gasteiger partial charge in [0.1, 0.15) is 12.4 Å². The summed E-state index contributed by atoms with van der Waals surface area (Å²) < 4.78 is 11.7. The van der Waals surface area contributed by atoms with Crippen LogP contribution in [-0.4, -0.2) is 73.4 Å². The number of hydrogen-bond donors (Lipinski definition) is 1. The van der Waals surface area contributed by atoms with E-state index in [2.05, 4.69) is 75.4 Å². The Hall–Kier alpha value is -3.71. The molecule has 1 unspecified atom stereocenters. The van der Waals surface area contributed by atoms with Crippen LogP contribution in [0.25, 0.3) is 21.7 Å². The van der Waals surface area contributed by atoms with Crippen LogP contribution in [0.5, 0.6) is 5.75 Å². The van der Waals surface area contributed by atoms with Gasteiger partial charge in [0.2, 0.25) is 0 Å². The number of aromatic amines is 1. The predicted molar refractivity (Wildman–Crippen MR) is 152 cm³/mol. The van der Waals surface area contributed by atoms with Crippen molar-refractivity contribution in [3.05, 3.63) is 72.4 Å². The molecule has 1 atom stereocenters. The maximum atomic E-state index is 13.0. The summed E-state index contributed by atoms with van der Waals surface area (Å²) in [6.45, 7) is 5.15.